The number of rotatable bonds is 5. The van der Waals surface area contributed by atoms with Crippen molar-refractivity contribution in [2.75, 3.05) is 13.7 Å². The molecule has 0 aliphatic rings. The van der Waals surface area contributed by atoms with Gasteiger partial charge in [-0.2, -0.15) is 0 Å². The van der Waals surface area contributed by atoms with Gasteiger partial charge in [-0.05, 0) is 30.1 Å². The van der Waals surface area contributed by atoms with Crippen molar-refractivity contribution in [2.45, 2.75) is 13.0 Å². The summed E-state index contributed by atoms with van der Waals surface area (Å²) in [5.74, 6) is 0.495. The SMILES string of the molecule is CCNC(c1ccc(C(=O)OC)o1)c1cccs1. The number of carbonyl (C=O) groups is 1. The van der Waals surface area contributed by atoms with Gasteiger partial charge >= 0.3 is 5.97 Å². The quantitative estimate of drug-likeness (QED) is 0.845. The molecule has 0 amide bonds. The Morgan fingerprint density at radius 1 is 1.50 bits per heavy atom. The van der Waals surface area contributed by atoms with Gasteiger partial charge in [0.1, 0.15) is 11.8 Å². The van der Waals surface area contributed by atoms with Gasteiger partial charge in [-0.1, -0.05) is 13.0 Å². The molecule has 5 heteroatoms. The van der Waals surface area contributed by atoms with Crippen LogP contribution in [-0.2, 0) is 4.74 Å². The summed E-state index contributed by atoms with van der Waals surface area (Å²) in [6.07, 6.45) is 0. The van der Waals surface area contributed by atoms with Crippen LogP contribution >= 0.6 is 11.3 Å². The molecule has 0 aromatic carbocycles. The van der Waals surface area contributed by atoms with Crippen LogP contribution in [0, 0.1) is 0 Å². The lowest BCUT2D eigenvalue weighted by molar-refractivity contribution is 0.0562. The summed E-state index contributed by atoms with van der Waals surface area (Å²) >= 11 is 1.65. The maximum absolute atomic E-state index is 11.4. The maximum atomic E-state index is 11.4. The van der Waals surface area contributed by atoms with Crippen LogP contribution < -0.4 is 5.32 Å². The van der Waals surface area contributed by atoms with Gasteiger partial charge in [0.15, 0.2) is 0 Å². The van der Waals surface area contributed by atoms with Crippen molar-refractivity contribution in [2.24, 2.45) is 0 Å². The minimum Gasteiger partial charge on any atom is -0.463 e. The molecule has 4 nitrogen and oxygen atoms in total. The molecular weight excluding hydrogens is 250 g/mol. The van der Waals surface area contributed by atoms with Gasteiger partial charge in [-0.25, -0.2) is 4.79 Å². The Morgan fingerprint density at radius 2 is 2.33 bits per heavy atom. The molecule has 2 heterocycles. The molecule has 0 fully saturated rings. The van der Waals surface area contributed by atoms with E-state index in [0.717, 1.165) is 17.2 Å². The van der Waals surface area contributed by atoms with E-state index in [9.17, 15) is 4.79 Å². The number of thiophene rings is 1. The summed E-state index contributed by atoms with van der Waals surface area (Å²) in [4.78, 5) is 12.5. The monoisotopic (exact) mass is 265 g/mol. The van der Waals surface area contributed by atoms with Crippen molar-refractivity contribution in [3.05, 3.63) is 46.0 Å². The lowest BCUT2D eigenvalue weighted by Gasteiger charge is -2.13. The lowest BCUT2D eigenvalue weighted by Crippen LogP contribution is -2.20. The molecule has 0 saturated carbocycles. The molecule has 0 bridgehead atoms. The fraction of sp³-hybridized carbons (Fsp3) is 0.308. The topological polar surface area (TPSA) is 51.5 Å². The molecule has 1 atom stereocenters. The second kappa shape index (κ2) is 5.84. The first-order valence-electron chi connectivity index (χ1n) is 5.71. The van der Waals surface area contributed by atoms with Gasteiger partial charge in [-0.3, -0.25) is 0 Å². The predicted molar refractivity (Wildman–Crippen MR) is 69.9 cm³/mol. The van der Waals surface area contributed by atoms with E-state index in [2.05, 4.69) is 10.1 Å². The van der Waals surface area contributed by atoms with Crippen LogP contribution in [0.25, 0.3) is 0 Å². The number of carbonyl (C=O) groups excluding carboxylic acids is 1. The third-order valence-electron chi connectivity index (χ3n) is 2.53. The lowest BCUT2D eigenvalue weighted by atomic mass is 10.2. The first-order chi connectivity index (χ1) is 8.76. The normalized spacial score (nSPS) is 12.3. The minimum atomic E-state index is -0.456. The van der Waals surface area contributed by atoms with Crippen molar-refractivity contribution < 1.29 is 13.9 Å². The largest absolute Gasteiger partial charge is 0.463 e. The zero-order valence-electron chi connectivity index (χ0n) is 10.3. The van der Waals surface area contributed by atoms with Gasteiger partial charge in [-0.15, -0.1) is 11.3 Å². The summed E-state index contributed by atoms with van der Waals surface area (Å²) in [5.41, 5.74) is 0. The van der Waals surface area contributed by atoms with E-state index in [1.165, 1.54) is 7.11 Å². The van der Waals surface area contributed by atoms with Crippen LogP contribution in [0.4, 0.5) is 0 Å². The van der Waals surface area contributed by atoms with Crippen LogP contribution in [0.2, 0.25) is 0 Å². The van der Waals surface area contributed by atoms with Gasteiger partial charge in [0.25, 0.3) is 0 Å². The molecule has 2 aromatic heterocycles. The van der Waals surface area contributed by atoms with Crippen molar-refractivity contribution in [3.8, 4) is 0 Å². The smallest absolute Gasteiger partial charge is 0.373 e. The zero-order chi connectivity index (χ0) is 13.0. The summed E-state index contributed by atoms with van der Waals surface area (Å²) in [6.45, 7) is 2.85. The molecule has 0 aliphatic heterocycles. The number of ether oxygens (including phenoxy) is 1. The molecular formula is C13H15NO3S. The third-order valence-corrected chi connectivity index (χ3v) is 3.47. The molecule has 0 aliphatic carbocycles. The highest BCUT2D eigenvalue weighted by molar-refractivity contribution is 7.10. The number of hydrogen-bond acceptors (Lipinski definition) is 5. The van der Waals surface area contributed by atoms with E-state index in [1.807, 2.05) is 24.4 Å². The number of hydrogen-bond donors (Lipinski definition) is 1. The fourth-order valence-corrected chi connectivity index (χ4v) is 2.53. The molecule has 0 spiro atoms. The van der Waals surface area contributed by atoms with E-state index in [-0.39, 0.29) is 11.8 Å². The van der Waals surface area contributed by atoms with E-state index < -0.39 is 5.97 Å². The third kappa shape index (κ3) is 2.63. The second-order valence-electron chi connectivity index (χ2n) is 3.70. The highest BCUT2D eigenvalue weighted by Crippen LogP contribution is 2.27. The molecule has 1 unspecified atom stereocenters. The minimum absolute atomic E-state index is 0.0200. The standard InChI is InChI=1S/C13H15NO3S/c1-3-14-12(11-5-4-8-18-11)9-6-7-10(17-9)13(15)16-2/h4-8,12,14H,3H2,1-2H3. The van der Waals surface area contributed by atoms with Crippen LogP contribution in [0.1, 0.15) is 34.2 Å². The Kier molecular flexibility index (Phi) is 4.17. The molecule has 0 saturated heterocycles. The van der Waals surface area contributed by atoms with Crippen molar-refractivity contribution in [3.63, 3.8) is 0 Å². The molecule has 1 N–H and O–H groups in total. The summed E-state index contributed by atoms with van der Waals surface area (Å²) < 4.78 is 10.2. The van der Waals surface area contributed by atoms with Gasteiger partial charge in [0.2, 0.25) is 5.76 Å². The van der Waals surface area contributed by atoms with Gasteiger partial charge in [0, 0.05) is 4.88 Å². The number of esters is 1. The summed E-state index contributed by atoms with van der Waals surface area (Å²) in [7, 11) is 1.34. The van der Waals surface area contributed by atoms with E-state index in [0.29, 0.717) is 0 Å². The Bertz CT molecular complexity index is 504. The fourth-order valence-electron chi connectivity index (χ4n) is 1.72. The van der Waals surface area contributed by atoms with Gasteiger partial charge in [0.05, 0.1) is 7.11 Å². The van der Waals surface area contributed by atoms with E-state index >= 15 is 0 Å². The Balaban J connectivity index is 2.26. The van der Waals surface area contributed by atoms with Crippen LogP contribution in [-0.4, -0.2) is 19.6 Å². The average Bonchev–Trinajstić information content (AvgIpc) is 3.06. The first-order valence-corrected chi connectivity index (χ1v) is 6.59. The second-order valence-corrected chi connectivity index (χ2v) is 4.68. The zero-order valence-corrected chi connectivity index (χ0v) is 11.1. The van der Waals surface area contributed by atoms with Crippen molar-refractivity contribution >= 4 is 17.3 Å². The number of furan rings is 1. The highest BCUT2D eigenvalue weighted by Gasteiger charge is 2.20. The van der Waals surface area contributed by atoms with E-state index in [1.54, 1.807) is 23.5 Å². The Morgan fingerprint density at radius 3 is 2.94 bits per heavy atom. The summed E-state index contributed by atoms with van der Waals surface area (Å²) in [5, 5.41) is 5.35. The highest BCUT2D eigenvalue weighted by atomic mass is 32.1. The average molecular weight is 265 g/mol. The Hall–Kier alpha value is -1.59. The number of methoxy groups -OCH3 is 1. The van der Waals surface area contributed by atoms with Crippen molar-refractivity contribution in [1.29, 1.82) is 0 Å². The Labute approximate surface area is 110 Å². The maximum Gasteiger partial charge on any atom is 0.373 e. The molecule has 96 valence electrons. The summed E-state index contributed by atoms with van der Waals surface area (Å²) in [6, 6.07) is 7.46. The van der Waals surface area contributed by atoms with Gasteiger partial charge < -0.3 is 14.5 Å². The molecule has 18 heavy (non-hydrogen) atoms. The van der Waals surface area contributed by atoms with Crippen LogP contribution in [0.15, 0.2) is 34.1 Å². The van der Waals surface area contributed by atoms with Crippen LogP contribution in [0.5, 0.6) is 0 Å². The number of nitrogens with one attached hydrogen (secondary N) is 1. The van der Waals surface area contributed by atoms with Crippen LogP contribution in [0.3, 0.4) is 0 Å². The molecule has 2 rings (SSSR count). The predicted octanol–water partition coefficient (Wildman–Crippen LogP) is 2.83. The van der Waals surface area contributed by atoms with Crippen molar-refractivity contribution in [1.82, 2.24) is 5.32 Å². The molecule has 0 radical (unpaired) electrons. The van der Waals surface area contributed by atoms with E-state index in [4.69, 9.17) is 4.42 Å². The first kappa shape index (κ1) is 12.9. The molecule has 2 aromatic rings.